The van der Waals surface area contributed by atoms with Crippen molar-refractivity contribution in [2.75, 3.05) is 26.2 Å². The number of nitrogens with zero attached hydrogens (tertiary/aromatic N) is 4. The molecular weight excluding hydrogens is 435 g/mol. The fraction of sp³-hybridized carbons (Fsp3) is 0.526. The number of carbonyl (C=O) groups is 4. The molecule has 172 valence electrons. The summed E-state index contributed by atoms with van der Waals surface area (Å²) in [5.41, 5.74) is 1.67. The first-order valence-corrected chi connectivity index (χ1v) is 10.0. The number of hydroxylamine groups is 2. The highest BCUT2D eigenvalue weighted by Crippen LogP contribution is 2.31. The Morgan fingerprint density at radius 1 is 1.22 bits per heavy atom. The summed E-state index contributed by atoms with van der Waals surface area (Å²) in [5.74, 6) is -5.43. The first kappa shape index (κ1) is 22.1. The number of alkyl halides is 3. The van der Waals surface area contributed by atoms with Gasteiger partial charge in [0.25, 0.3) is 17.7 Å². The molecule has 1 N–H and O–H groups in total. The molecule has 3 aliphatic rings. The average Bonchev–Trinajstić information content (AvgIpc) is 3.08. The van der Waals surface area contributed by atoms with E-state index in [1.54, 1.807) is 0 Å². The second-order valence-electron chi connectivity index (χ2n) is 7.70. The van der Waals surface area contributed by atoms with Crippen LogP contribution in [-0.4, -0.2) is 81.9 Å². The fourth-order valence-corrected chi connectivity index (χ4v) is 4.04. The van der Waals surface area contributed by atoms with Crippen molar-refractivity contribution in [2.24, 2.45) is 0 Å². The third-order valence-corrected chi connectivity index (χ3v) is 5.67. The lowest BCUT2D eigenvalue weighted by Crippen LogP contribution is -2.55. The summed E-state index contributed by atoms with van der Waals surface area (Å²) >= 11 is 0. The van der Waals surface area contributed by atoms with Gasteiger partial charge >= 0.3 is 12.1 Å². The molecule has 1 atom stereocenters. The fourth-order valence-electron chi connectivity index (χ4n) is 4.04. The molecule has 4 heterocycles. The van der Waals surface area contributed by atoms with E-state index < -0.39 is 35.9 Å². The maximum Gasteiger partial charge on any atom is 0.493 e. The van der Waals surface area contributed by atoms with E-state index in [4.69, 9.17) is 0 Å². The van der Waals surface area contributed by atoms with Crippen LogP contribution in [0.25, 0.3) is 0 Å². The van der Waals surface area contributed by atoms with E-state index >= 15 is 0 Å². The third kappa shape index (κ3) is 4.17. The predicted molar refractivity (Wildman–Crippen MR) is 99.3 cm³/mol. The highest BCUT2D eigenvalue weighted by molar-refractivity contribution is 6.05. The number of hydrogen-bond acceptors (Lipinski definition) is 8. The van der Waals surface area contributed by atoms with Crippen molar-refractivity contribution in [2.45, 2.75) is 38.1 Å². The van der Waals surface area contributed by atoms with Crippen LogP contribution in [0.2, 0.25) is 0 Å². The van der Waals surface area contributed by atoms with Gasteiger partial charge in [0.05, 0.1) is 5.69 Å². The van der Waals surface area contributed by atoms with Crippen molar-refractivity contribution < 1.29 is 37.2 Å². The van der Waals surface area contributed by atoms with Gasteiger partial charge in [-0.15, -0.1) is 5.06 Å². The molecule has 1 unspecified atom stereocenters. The van der Waals surface area contributed by atoms with E-state index in [-0.39, 0.29) is 24.4 Å². The number of aromatic nitrogens is 1. The minimum atomic E-state index is -5.38. The first-order chi connectivity index (χ1) is 15.2. The summed E-state index contributed by atoms with van der Waals surface area (Å²) in [6, 6.07) is 0.291. The van der Waals surface area contributed by atoms with Crippen molar-refractivity contribution in [3.8, 4) is 0 Å². The van der Waals surface area contributed by atoms with Gasteiger partial charge in [0.1, 0.15) is 6.04 Å². The molecule has 3 aliphatic heterocycles. The van der Waals surface area contributed by atoms with Gasteiger partial charge in [0.2, 0.25) is 0 Å². The summed E-state index contributed by atoms with van der Waals surface area (Å²) < 4.78 is 37.6. The topological polar surface area (TPSA) is 112 Å². The Kier molecular flexibility index (Phi) is 5.86. The second-order valence-corrected chi connectivity index (χ2v) is 7.70. The summed E-state index contributed by atoms with van der Waals surface area (Å²) in [6.45, 7) is 3.82. The zero-order chi connectivity index (χ0) is 23.0. The van der Waals surface area contributed by atoms with Crippen LogP contribution in [0.3, 0.4) is 0 Å². The summed E-state index contributed by atoms with van der Waals surface area (Å²) in [7, 11) is 0. The molecular formula is C19H20F3N5O5. The van der Waals surface area contributed by atoms with Crippen LogP contribution < -0.4 is 5.32 Å². The van der Waals surface area contributed by atoms with Crippen molar-refractivity contribution in [3.05, 3.63) is 29.1 Å². The smallest absolute Gasteiger partial charge is 0.322 e. The lowest BCUT2D eigenvalue weighted by molar-refractivity contribution is -0.238. The van der Waals surface area contributed by atoms with Gasteiger partial charge in [-0.05, 0) is 12.5 Å². The molecule has 0 aliphatic carbocycles. The second kappa shape index (κ2) is 8.47. The number of nitrogens with one attached hydrogen (secondary N) is 1. The SMILES string of the molecule is O=C1CCC(N2Cc3c(ccnc3CN3CCNCC3)C2=O)C(=O)N1OC(=O)C(F)(F)F. The number of piperazine rings is 1. The molecule has 1 aromatic heterocycles. The number of piperidine rings is 1. The maximum absolute atomic E-state index is 13.0. The molecule has 3 amide bonds. The quantitative estimate of drug-likeness (QED) is 0.631. The van der Waals surface area contributed by atoms with Gasteiger partial charge in [0, 0.05) is 63.0 Å². The Bertz CT molecular complexity index is 963. The maximum atomic E-state index is 13.0. The molecule has 32 heavy (non-hydrogen) atoms. The molecule has 0 bridgehead atoms. The molecule has 0 aromatic carbocycles. The Labute approximate surface area is 180 Å². The summed E-state index contributed by atoms with van der Waals surface area (Å²) in [6.07, 6.45) is -4.31. The Morgan fingerprint density at radius 3 is 2.62 bits per heavy atom. The number of halogens is 3. The van der Waals surface area contributed by atoms with Gasteiger partial charge in [-0.25, -0.2) is 4.79 Å². The van der Waals surface area contributed by atoms with E-state index in [9.17, 15) is 32.3 Å². The van der Waals surface area contributed by atoms with Crippen molar-refractivity contribution in [1.82, 2.24) is 25.2 Å². The van der Waals surface area contributed by atoms with Crippen molar-refractivity contribution >= 4 is 23.7 Å². The Hall–Kier alpha value is -3.06. The largest absolute Gasteiger partial charge is 0.493 e. The number of rotatable bonds is 4. The molecule has 0 radical (unpaired) electrons. The van der Waals surface area contributed by atoms with Crippen molar-refractivity contribution in [1.29, 1.82) is 0 Å². The van der Waals surface area contributed by atoms with Crippen LogP contribution in [0.4, 0.5) is 13.2 Å². The molecule has 2 saturated heterocycles. The van der Waals surface area contributed by atoms with Gasteiger partial charge in [0.15, 0.2) is 0 Å². The number of pyridine rings is 1. The van der Waals surface area contributed by atoms with Gasteiger partial charge in [-0.2, -0.15) is 13.2 Å². The molecule has 1 aromatic rings. The van der Waals surface area contributed by atoms with E-state index in [1.807, 2.05) is 0 Å². The van der Waals surface area contributed by atoms with Crippen LogP contribution in [0, 0.1) is 0 Å². The van der Waals surface area contributed by atoms with Gasteiger partial charge in [-0.1, -0.05) is 0 Å². The first-order valence-electron chi connectivity index (χ1n) is 10.0. The molecule has 0 saturated carbocycles. The standard InChI is InChI=1S/C19H20F3N5O5/c20-19(21,22)18(31)32-27-15(28)2-1-14(17(27)30)26-9-12-11(16(26)29)3-4-24-13(12)10-25-7-5-23-6-8-25/h3-4,14,23H,1-2,5-10H2. The van der Waals surface area contributed by atoms with Crippen LogP contribution in [0.15, 0.2) is 12.3 Å². The van der Waals surface area contributed by atoms with E-state index in [0.717, 1.165) is 26.2 Å². The molecule has 0 spiro atoms. The third-order valence-electron chi connectivity index (χ3n) is 5.67. The lowest BCUT2D eigenvalue weighted by atomic mass is 10.0. The van der Waals surface area contributed by atoms with Crippen LogP contribution in [0.5, 0.6) is 0 Å². The molecule has 13 heteroatoms. The number of fused-ring (bicyclic) bond motifs is 1. The van der Waals surface area contributed by atoms with E-state index in [0.29, 0.717) is 23.4 Å². The number of carbonyl (C=O) groups excluding carboxylic acids is 4. The number of amides is 3. The monoisotopic (exact) mass is 455 g/mol. The van der Waals surface area contributed by atoms with E-state index in [1.165, 1.54) is 17.2 Å². The van der Waals surface area contributed by atoms with Gasteiger partial charge in [-0.3, -0.25) is 24.3 Å². The predicted octanol–water partition coefficient (Wildman–Crippen LogP) is -0.0193. The minimum Gasteiger partial charge on any atom is -0.322 e. The molecule has 4 rings (SSSR count). The number of imide groups is 1. The van der Waals surface area contributed by atoms with Crippen LogP contribution in [-0.2, 0) is 32.3 Å². The lowest BCUT2D eigenvalue weighted by Gasteiger charge is -2.33. The summed E-state index contributed by atoms with van der Waals surface area (Å²) in [4.78, 5) is 60.6. The summed E-state index contributed by atoms with van der Waals surface area (Å²) in [5, 5.41) is 3.06. The highest BCUT2D eigenvalue weighted by atomic mass is 19.4. The number of hydrogen-bond donors (Lipinski definition) is 1. The zero-order valence-corrected chi connectivity index (χ0v) is 16.9. The Balaban J connectivity index is 1.52. The van der Waals surface area contributed by atoms with Gasteiger partial charge < -0.3 is 15.1 Å². The highest BCUT2D eigenvalue weighted by Gasteiger charge is 2.49. The minimum absolute atomic E-state index is 0.0229. The average molecular weight is 455 g/mol. The Morgan fingerprint density at radius 2 is 1.94 bits per heavy atom. The van der Waals surface area contributed by atoms with Crippen LogP contribution in [0.1, 0.15) is 34.5 Å². The van der Waals surface area contributed by atoms with Crippen molar-refractivity contribution in [3.63, 3.8) is 0 Å². The molecule has 10 nitrogen and oxygen atoms in total. The van der Waals surface area contributed by atoms with Crippen LogP contribution >= 0.6 is 0 Å². The van der Waals surface area contributed by atoms with E-state index in [2.05, 4.69) is 20.0 Å². The molecule has 2 fully saturated rings. The normalized spacial score (nSPS) is 22.3. The zero-order valence-electron chi connectivity index (χ0n) is 16.9.